The molecule has 3 aromatic heterocycles. The summed E-state index contributed by atoms with van der Waals surface area (Å²) in [6.07, 6.45) is 12.7. The van der Waals surface area contributed by atoms with Crippen molar-refractivity contribution in [3.63, 3.8) is 0 Å². The smallest absolute Gasteiger partial charge is 0.0757 e. The number of aromatic nitrogens is 4. The molecule has 1 aliphatic rings. The third-order valence-corrected chi connectivity index (χ3v) is 5.00. The minimum Gasteiger partial charge on any atom is -0.317 e. The van der Waals surface area contributed by atoms with Crippen molar-refractivity contribution >= 4 is 5.57 Å². The van der Waals surface area contributed by atoms with E-state index in [0.29, 0.717) is 0 Å². The Morgan fingerprint density at radius 3 is 2.50 bits per heavy atom. The predicted molar refractivity (Wildman–Crippen MR) is 133 cm³/mol. The van der Waals surface area contributed by atoms with Gasteiger partial charge in [0.15, 0.2) is 0 Å². The third-order valence-electron chi connectivity index (χ3n) is 5.00. The van der Waals surface area contributed by atoms with Gasteiger partial charge in [-0.25, -0.2) is 0 Å². The molecule has 2 N–H and O–H groups in total. The summed E-state index contributed by atoms with van der Waals surface area (Å²) in [5.74, 6) is 7.12. The molecule has 0 aliphatic carbocycles. The Morgan fingerprint density at radius 1 is 1.09 bits per heavy atom. The second-order valence-corrected chi connectivity index (χ2v) is 7.70. The molecular weight excluding hydrogens is 394 g/mol. The van der Waals surface area contributed by atoms with Gasteiger partial charge in [0.25, 0.3) is 0 Å². The molecule has 0 spiro atoms. The van der Waals surface area contributed by atoms with Crippen LogP contribution < -0.4 is 5.32 Å². The lowest BCUT2D eigenvalue weighted by atomic mass is 9.91. The second-order valence-electron chi connectivity index (χ2n) is 7.70. The highest BCUT2D eigenvalue weighted by Gasteiger charge is 2.13. The predicted octanol–water partition coefficient (Wildman–Crippen LogP) is 5.20. The lowest BCUT2D eigenvalue weighted by Crippen LogP contribution is -2.28. The summed E-state index contributed by atoms with van der Waals surface area (Å²) in [6, 6.07) is 6.10. The van der Waals surface area contributed by atoms with E-state index < -0.39 is 0 Å². The maximum atomic E-state index is 4.35. The van der Waals surface area contributed by atoms with E-state index >= 15 is 0 Å². The number of piperidine rings is 1. The lowest BCUT2D eigenvalue weighted by Gasteiger charge is -2.22. The van der Waals surface area contributed by atoms with Crippen molar-refractivity contribution in [3.8, 4) is 11.8 Å². The highest BCUT2D eigenvalue weighted by atomic mass is 15.1. The van der Waals surface area contributed by atoms with Crippen molar-refractivity contribution in [2.24, 2.45) is 5.92 Å². The van der Waals surface area contributed by atoms with Crippen LogP contribution in [-0.4, -0.2) is 33.3 Å². The summed E-state index contributed by atoms with van der Waals surface area (Å²) in [4.78, 5) is 8.23. The van der Waals surface area contributed by atoms with Crippen LogP contribution in [0.5, 0.6) is 0 Å². The van der Waals surface area contributed by atoms with E-state index in [-0.39, 0.29) is 0 Å². The molecular formula is C27H35N5. The second kappa shape index (κ2) is 14.0. The first-order valence-electron chi connectivity index (χ1n) is 11.3. The largest absolute Gasteiger partial charge is 0.317 e. The molecule has 32 heavy (non-hydrogen) atoms. The number of rotatable bonds is 3. The van der Waals surface area contributed by atoms with Gasteiger partial charge in [-0.3, -0.25) is 15.1 Å². The van der Waals surface area contributed by atoms with Crippen LogP contribution >= 0.6 is 0 Å². The maximum absolute atomic E-state index is 4.35. The standard InChI is InChI=1S/C19H22N4.C6H7N.C2H6/c1-14(2)19-18(13-22-23-19)4-3-16-10-17(12-21-11-16)9-15-5-7-20-8-6-15;1-6-3-2-4-7-5-6;1-2/h10-13,15,20H,1,5-9H2,2H3,(H,22,23);2-5H,1H3;1-2H3. The number of hydrogen-bond donors (Lipinski definition) is 2. The molecule has 5 nitrogen and oxygen atoms in total. The molecule has 4 rings (SSSR count). The number of aromatic amines is 1. The molecule has 168 valence electrons. The zero-order valence-electron chi connectivity index (χ0n) is 19.8. The Bertz CT molecular complexity index is 1010. The number of nitrogens with one attached hydrogen (secondary N) is 2. The average molecular weight is 430 g/mol. The summed E-state index contributed by atoms with van der Waals surface area (Å²) < 4.78 is 0. The number of hydrogen-bond acceptors (Lipinski definition) is 4. The average Bonchev–Trinajstić information content (AvgIpc) is 3.30. The third kappa shape index (κ3) is 8.49. The molecule has 0 saturated carbocycles. The summed E-state index contributed by atoms with van der Waals surface area (Å²) >= 11 is 0. The molecule has 5 heteroatoms. The fraction of sp³-hybridized carbons (Fsp3) is 0.370. The van der Waals surface area contributed by atoms with Crippen LogP contribution in [0.3, 0.4) is 0 Å². The van der Waals surface area contributed by atoms with E-state index in [2.05, 4.69) is 50.0 Å². The van der Waals surface area contributed by atoms with Gasteiger partial charge < -0.3 is 5.32 Å². The van der Waals surface area contributed by atoms with E-state index in [1.165, 1.54) is 24.0 Å². The van der Waals surface area contributed by atoms with Gasteiger partial charge in [0.05, 0.1) is 17.5 Å². The van der Waals surface area contributed by atoms with E-state index in [4.69, 9.17) is 0 Å². The number of aryl methyl sites for hydroxylation is 1. The summed E-state index contributed by atoms with van der Waals surface area (Å²) in [6.45, 7) is 14.2. The number of allylic oxidation sites excluding steroid dienone is 1. The quantitative estimate of drug-likeness (QED) is 0.562. The Morgan fingerprint density at radius 2 is 1.88 bits per heavy atom. The van der Waals surface area contributed by atoms with Crippen LogP contribution in [0.15, 0.2) is 55.8 Å². The van der Waals surface area contributed by atoms with Crippen LogP contribution in [0.1, 0.15) is 61.6 Å². The van der Waals surface area contributed by atoms with Gasteiger partial charge in [-0.15, -0.1) is 0 Å². The summed E-state index contributed by atoms with van der Waals surface area (Å²) in [5.41, 5.74) is 6.14. The zero-order valence-corrected chi connectivity index (χ0v) is 19.8. The Labute approximate surface area is 192 Å². The summed E-state index contributed by atoms with van der Waals surface area (Å²) in [5, 5.41) is 10.4. The van der Waals surface area contributed by atoms with E-state index in [9.17, 15) is 0 Å². The molecule has 0 bridgehead atoms. The molecule has 1 fully saturated rings. The number of pyridine rings is 2. The monoisotopic (exact) mass is 429 g/mol. The first kappa shape index (κ1) is 25.0. The maximum Gasteiger partial charge on any atom is 0.0757 e. The van der Waals surface area contributed by atoms with Gasteiger partial charge in [-0.2, -0.15) is 5.10 Å². The Hall–Kier alpha value is -3.23. The molecule has 0 atom stereocenters. The SMILES string of the molecule is C=C(C)c1[nH]ncc1C#Cc1cncc(CC2CCNCC2)c1.CC.Cc1cccnc1. The van der Waals surface area contributed by atoms with Crippen molar-refractivity contribution in [1.29, 1.82) is 0 Å². The van der Waals surface area contributed by atoms with Gasteiger partial charge >= 0.3 is 0 Å². The minimum atomic E-state index is 0.755. The van der Waals surface area contributed by atoms with Crippen molar-refractivity contribution < 1.29 is 0 Å². The molecule has 4 heterocycles. The molecule has 0 aromatic carbocycles. The van der Waals surface area contributed by atoms with Crippen molar-refractivity contribution in [2.75, 3.05) is 13.1 Å². The molecule has 0 radical (unpaired) electrons. The normalized spacial score (nSPS) is 12.9. The molecule has 0 amide bonds. The molecule has 1 saturated heterocycles. The highest BCUT2D eigenvalue weighted by molar-refractivity contribution is 5.64. The number of nitrogens with zero attached hydrogens (tertiary/aromatic N) is 3. The van der Waals surface area contributed by atoms with Crippen molar-refractivity contribution in [2.45, 2.75) is 47.0 Å². The molecule has 3 aromatic rings. The first-order valence-corrected chi connectivity index (χ1v) is 11.3. The van der Waals surface area contributed by atoms with Crippen LogP contribution in [0.2, 0.25) is 0 Å². The molecule has 1 aliphatic heterocycles. The van der Waals surface area contributed by atoms with Crippen molar-refractivity contribution in [3.05, 3.63) is 83.7 Å². The van der Waals surface area contributed by atoms with E-state index in [1.807, 2.05) is 58.4 Å². The van der Waals surface area contributed by atoms with Gasteiger partial charge in [-0.05, 0) is 81.0 Å². The summed E-state index contributed by atoms with van der Waals surface area (Å²) in [7, 11) is 0. The Kier molecular flexibility index (Phi) is 10.9. The Balaban J connectivity index is 0.000000340. The molecule has 0 unspecified atom stereocenters. The fourth-order valence-corrected chi connectivity index (χ4v) is 3.38. The topological polar surface area (TPSA) is 66.5 Å². The van der Waals surface area contributed by atoms with Crippen molar-refractivity contribution in [1.82, 2.24) is 25.5 Å². The van der Waals surface area contributed by atoms with Gasteiger partial charge in [0, 0.05) is 30.4 Å². The lowest BCUT2D eigenvalue weighted by molar-refractivity contribution is 0.372. The highest BCUT2D eigenvalue weighted by Crippen LogP contribution is 2.18. The van der Waals surface area contributed by atoms with Crippen LogP contribution in [0.25, 0.3) is 5.57 Å². The van der Waals surface area contributed by atoms with E-state index in [0.717, 1.165) is 47.8 Å². The van der Waals surface area contributed by atoms with Crippen LogP contribution in [0.4, 0.5) is 0 Å². The minimum absolute atomic E-state index is 0.755. The first-order chi connectivity index (χ1) is 15.6. The zero-order chi connectivity index (χ0) is 23.2. The van der Waals surface area contributed by atoms with Gasteiger partial charge in [-0.1, -0.05) is 38.3 Å². The van der Waals surface area contributed by atoms with Gasteiger partial charge in [0.2, 0.25) is 0 Å². The van der Waals surface area contributed by atoms with E-state index in [1.54, 1.807) is 12.4 Å². The number of H-pyrrole nitrogens is 1. The van der Waals surface area contributed by atoms with Crippen LogP contribution in [0, 0.1) is 24.7 Å². The van der Waals surface area contributed by atoms with Gasteiger partial charge in [0.1, 0.15) is 0 Å². The fourth-order valence-electron chi connectivity index (χ4n) is 3.38. The van der Waals surface area contributed by atoms with Crippen LogP contribution in [-0.2, 0) is 6.42 Å².